The summed E-state index contributed by atoms with van der Waals surface area (Å²) in [6.07, 6.45) is 0. The fourth-order valence-electron chi connectivity index (χ4n) is 2.00. The largest absolute Gasteiger partial charge is 0.368 e. The lowest BCUT2D eigenvalue weighted by atomic mass is 10.1. The van der Waals surface area contributed by atoms with Gasteiger partial charge in [0.1, 0.15) is 5.82 Å². The van der Waals surface area contributed by atoms with Crippen LogP contribution in [0.15, 0.2) is 30.3 Å². The quantitative estimate of drug-likeness (QED) is 0.872. The summed E-state index contributed by atoms with van der Waals surface area (Å²) < 4.78 is 0. The monoisotopic (exact) mass is 270 g/mol. The first-order valence-electron chi connectivity index (χ1n) is 6.95. The Balaban J connectivity index is 2.09. The predicted molar refractivity (Wildman–Crippen MR) is 84.0 cm³/mol. The van der Waals surface area contributed by atoms with Gasteiger partial charge in [-0.3, -0.25) is 0 Å². The fourth-order valence-corrected chi connectivity index (χ4v) is 2.00. The molecule has 1 aromatic carbocycles. The van der Waals surface area contributed by atoms with Crippen LogP contribution in [0.4, 0.5) is 11.8 Å². The Kier molecular flexibility index (Phi) is 4.56. The Labute approximate surface area is 120 Å². The molecule has 0 aliphatic carbocycles. The van der Waals surface area contributed by atoms with E-state index in [2.05, 4.69) is 53.5 Å². The molecule has 20 heavy (non-hydrogen) atoms. The van der Waals surface area contributed by atoms with E-state index in [9.17, 15) is 0 Å². The molecular weight excluding hydrogens is 248 g/mol. The first-order valence-corrected chi connectivity index (χ1v) is 6.95. The summed E-state index contributed by atoms with van der Waals surface area (Å²) in [4.78, 5) is 8.91. The molecule has 0 fully saturated rings. The van der Waals surface area contributed by atoms with Crippen molar-refractivity contribution in [1.29, 1.82) is 0 Å². The topological polar surface area (TPSA) is 49.8 Å². The van der Waals surface area contributed by atoms with Gasteiger partial charge in [0.25, 0.3) is 0 Å². The van der Waals surface area contributed by atoms with Crippen LogP contribution in [0.3, 0.4) is 0 Å². The van der Waals surface area contributed by atoms with E-state index < -0.39 is 0 Å². The first kappa shape index (κ1) is 14.3. The van der Waals surface area contributed by atoms with Crippen LogP contribution in [0.5, 0.6) is 0 Å². The van der Waals surface area contributed by atoms with Gasteiger partial charge in [0.15, 0.2) is 0 Å². The molecule has 1 aromatic heterocycles. The maximum atomic E-state index is 4.49. The molecule has 0 saturated carbocycles. The van der Waals surface area contributed by atoms with E-state index in [1.54, 1.807) is 0 Å². The molecule has 0 spiro atoms. The van der Waals surface area contributed by atoms with Crippen molar-refractivity contribution < 1.29 is 0 Å². The molecule has 0 atom stereocenters. The highest BCUT2D eigenvalue weighted by molar-refractivity contribution is 5.43. The summed E-state index contributed by atoms with van der Waals surface area (Å²) in [5.74, 6) is 1.52. The minimum atomic E-state index is 0.355. The molecule has 0 aliphatic rings. The summed E-state index contributed by atoms with van der Waals surface area (Å²) in [5, 5.41) is 6.60. The number of benzene rings is 1. The van der Waals surface area contributed by atoms with Gasteiger partial charge >= 0.3 is 0 Å². The van der Waals surface area contributed by atoms with E-state index in [0.29, 0.717) is 12.0 Å². The summed E-state index contributed by atoms with van der Waals surface area (Å²) in [5.41, 5.74) is 3.49. The van der Waals surface area contributed by atoms with Gasteiger partial charge in [-0.1, -0.05) is 24.3 Å². The van der Waals surface area contributed by atoms with Gasteiger partial charge in [0, 0.05) is 24.3 Å². The van der Waals surface area contributed by atoms with Gasteiger partial charge in [0.05, 0.1) is 0 Å². The molecule has 2 aromatic rings. The van der Waals surface area contributed by atoms with E-state index in [1.165, 1.54) is 11.1 Å². The number of aromatic nitrogens is 2. The van der Waals surface area contributed by atoms with E-state index in [1.807, 2.05) is 25.1 Å². The maximum absolute atomic E-state index is 4.49. The van der Waals surface area contributed by atoms with E-state index in [0.717, 1.165) is 18.1 Å². The van der Waals surface area contributed by atoms with Crippen molar-refractivity contribution >= 4 is 11.8 Å². The van der Waals surface area contributed by atoms with E-state index in [-0.39, 0.29) is 0 Å². The van der Waals surface area contributed by atoms with Crippen molar-refractivity contribution in [3.63, 3.8) is 0 Å². The molecule has 0 unspecified atom stereocenters. The zero-order chi connectivity index (χ0) is 14.5. The lowest BCUT2D eigenvalue weighted by Crippen LogP contribution is -2.13. The lowest BCUT2D eigenvalue weighted by Gasteiger charge is -2.12. The number of hydrogen-bond donors (Lipinski definition) is 2. The lowest BCUT2D eigenvalue weighted by molar-refractivity contribution is 0.883. The third kappa shape index (κ3) is 3.95. The smallest absolute Gasteiger partial charge is 0.225 e. The average Bonchev–Trinajstić information content (AvgIpc) is 2.36. The van der Waals surface area contributed by atoms with Gasteiger partial charge in [-0.05, 0) is 38.8 Å². The molecule has 0 saturated heterocycles. The molecule has 106 valence electrons. The van der Waals surface area contributed by atoms with Crippen LogP contribution >= 0.6 is 0 Å². The molecule has 4 heteroatoms. The molecule has 2 N–H and O–H groups in total. The summed E-state index contributed by atoms with van der Waals surface area (Å²) in [6.45, 7) is 9.01. The summed E-state index contributed by atoms with van der Waals surface area (Å²) in [6, 6.07) is 10.6. The van der Waals surface area contributed by atoms with Crippen LogP contribution in [0.25, 0.3) is 0 Å². The van der Waals surface area contributed by atoms with E-state index in [4.69, 9.17) is 0 Å². The number of aryl methyl sites for hydroxylation is 2. The number of hydrogen-bond acceptors (Lipinski definition) is 4. The zero-order valence-electron chi connectivity index (χ0n) is 12.6. The van der Waals surface area contributed by atoms with Gasteiger partial charge < -0.3 is 10.6 Å². The highest BCUT2D eigenvalue weighted by Gasteiger charge is 2.04. The Morgan fingerprint density at radius 3 is 2.55 bits per heavy atom. The Hall–Kier alpha value is -2.10. The SMILES string of the molecule is Cc1cc(NC(C)C)nc(NCc2ccccc2C)n1. The van der Waals surface area contributed by atoms with Gasteiger partial charge in [-0.25, -0.2) is 4.98 Å². The molecular formula is C16H22N4. The van der Waals surface area contributed by atoms with Crippen molar-refractivity contribution in [3.05, 3.63) is 47.2 Å². The van der Waals surface area contributed by atoms with Crippen molar-refractivity contribution in [2.45, 2.75) is 40.3 Å². The van der Waals surface area contributed by atoms with Gasteiger partial charge in [-0.15, -0.1) is 0 Å². The molecule has 0 aliphatic heterocycles. The predicted octanol–water partition coefficient (Wildman–Crippen LogP) is 3.53. The van der Waals surface area contributed by atoms with Crippen LogP contribution in [-0.4, -0.2) is 16.0 Å². The van der Waals surface area contributed by atoms with Crippen LogP contribution in [0, 0.1) is 13.8 Å². The van der Waals surface area contributed by atoms with Crippen molar-refractivity contribution in [2.24, 2.45) is 0 Å². The number of nitrogens with zero attached hydrogens (tertiary/aromatic N) is 2. The highest BCUT2D eigenvalue weighted by Crippen LogP contribution is 2.13. The average molecular weight is 270 g/mol. The number of anilines is 2. The van der Waals surface area contributed by atoms with Crippen LogP contribution < -0.4 is 10.6 Å². The Bertz CT molecular complexity index is 578. The van der Waals surface area contributed by atoms with Crippen LogP contribution in [0.2, 0.25) is 0 Å². The van der Waals surface area contributed by atoms with E-state index >= 15 is 0 Å². The molecule has 0 radical (unpaired) electrons. The third-order valence-electron chi connectivity index (χ3n) is 2.99. The molecule has 1 heterocycles. The minimum Gasteiger partial charge on any atom is -0.368 e. The number of nitrogens with one attached hydrogen (secondary N) is 2. The van der Waals surface area contributed by atoms with Crippen LogP contribution in [-0.2, 0) is 6.54 Å². The fraction of sp³-hybridized carbons (Fsp3) is 0.375. The maximum Gasteiger partial charge on any atom is 0.225 e. The van der Waals surface area contributed by atoms with Crippen LogP contribution in [0.1, 0.15) is 30.7 Å². The normalized spacial score (nSPS) is 10.7. The van der Waals surface area contributed by atoms with Crippen molar-refractivity contribution in [1.82, 2.24) is 9.97 Å². The second-order valence-corrected chi connectivity index (χ2v) is 5.30. The molecule has 2 rings (SSSR count). The third-order valence-corrected chi connectivity index (χ3v) is 2.99. The second kappa shape index (κ2) is 6.37. The standard InChI is InChI=1S/C16H22N4/c1-11(2)18-15-9-13(4)19-16(20-15)17-10-14-8-6-5-7-12(14)3/h5-9,11H,10H2,1-4H3,(H2,17,18,19,20). The molecule has 4 nitrogen and oxygen atoms in total. The minimum absolute atomic E-state index is 0.355. The van der Waals surface area contributed by atoms with Gasteiger partial charge in [-0.2, -0.15) is 4.98 Å². The number of rotatable bonds is 5. The first-order chi connectivity index (χ1) is 9.54. The zero-order valence-corrected chi connectivity index (χ0v) is 12.6. The second-order valence-electron chi connectivity index (χ2n) is 5.30. The van der Waals surface area contributed by atoms with Crippen molar-refractivity contribution in [2.75, 3.05) is 10.6 Å². The molecule has 0 bridgehead atoms. The van der Waals surface area contributed by atoms with Crippen molar-refractivity contribution in [3.8, 4) is 0 Å². The summed E-state index contributed by atoms with van der Waals surface area (Å²) in [7, 11) is 0. The van der Waals surface area contributed by atoms with Gasteiger partial charge in [0.2, 0.25) is 5.95 Å². The Morgan fingerprint density at radius 2 is 1.85 bits per heavy atom. The highest BCUT2D eigenvalue weighted by atomic mass is 15.1. The molecule has 0 amide bonds. The Morgan fingerprint density at radius 1 is 1.10 bits per heavy atom. The summed E-state index contributed by atoms with van der Waals surface area (Å²) >= 11 is 0.